The van der Waals surface area contributed by atoms with Gasteiger partial charge in [0.15, 0.2) is 0 Å². The molecule has 0 aliphatic heterocycles. The average Bonchev–Trinajstić information content (AvgIpc) is 2.36. The van der Waals surface area contributed by atoms with E-state index in [1.165, 1.54) is 4.88 Å². The third kappa shape index (κ3) is 0.708. The molecule has 0 atom stereocenters. The lowest BCUT2D eigenvalue weighted by Crippen LogP contribution is -2.02. The smallest absolute Gasteiger partial charge is 0.102 e. The molecule has 2 rings (SSSR count). The summed E-state index contributed by atoms with van der Waals surface area (Å²) in [5.41, 5.74) is 3.21. The van der Waals surface area contributed by atoms with Crippen molar-refractivity contribution in [2.75, 3.05) is 0 Å². The molecule has 0 aromatic carbocycles. The van der Waals surface area contributed by atoms with Gasteiger partial charge in [-0.3, -0.25) is 5.41 Å². The van der Waals surface area contributed by atoms with Crippen molar-refractivity contribution < 1.29 is 0 Å². The molecule has 1 N–H and O–H groups in total. The maximum Gasteiger partial charge on any atom is 0.102 e. The second-order valence-corrected chi connectivity index (χ2v) is 3.08. The number of nitrogens with one attached hydrogen (secondary N) is 1. The Kier molecular flexibility index (Phi) is 1.17. The largest absolute Gasteiger partial charge is 0.299 e. The first kappa shape index (κ1) is 5.80. The molecule has 0 amide bonds. The lowest BCUT2D eigenvalue weighted by atomic mass is 10.1. The molecule has 1 aliphatic rings. The highest BCUT2D eigenvalue weighted by Crippen LogP contribution is 2.18. The van der Waals surface area contributed by atoms with Crippen LogP contribution < -0.4 is 0 Å². The second-order valence-electron chi connectivity index (χ2n) is 2.14. The maximum atomic E-state index is 7.44. The van der Waals surface area contributed by atoms with Crippen molar-refractivity contribution in [3.8, 4) is 0 Å². The van der Waals surface area contributed by atoms with Crippen molar-refractivity contribution >= 4 is 17.0 Å². The molecule has 0 fully saturated rings. The Balaban J connectivity index is 2.58. The van der Waals surface area contributed by atoms with Gasteiger partial charge in [0.05, 0.1) is 11.2 Å². The fourth-order valence-corrected chi connectivity index (χ4v) is 1.75. The van der Waals surface area contributed by atoms with E-state index in [1.807, 2.05) is 12.2 Å². The number of hydrogen-bond acceptors (Lipinski definition) is 3. The van der Waals surface area contributed by atoms with Crippen LogP contribution >= 0.6 is 11.3 Å². The zero-order chi connectivity index (χ0) is 6.97. The van der Waals surface area contributed by atoms with E-state index >= 15 is 0 Å². The molecule has 0 saturated heterocycles. The fourth-order valence-electron chi connectivity index (χ4n) is 0.998. The first-order valence-corrected chi connectivity index (χ1v) is 3.94. The molecule has 1 heterocycles. The van der Waals surface area contributed by atoms with Gasteiger partial charge in [0.25, 0.3) is 0 Å². The molecule has 1 aromatic heterocycles. The maximum absolute atomic E-state index is 7.44. The lowest BCUT2D eigenvalue weighted by molar-refractivity contribution is 1.23. The topological polar surface area (TPSA) is 36.7 Å². The Hall–Kier alpha value is -0.960. The first-order valence-electron chi connectivity index (χ1n) is 3.06. The summed E-state index contributed by atoms with van der Waals surface area (Å²) in [4.78, 5) is 5.30. The number of allylic oxidation sites excluding steroid dienone is 2. The number of hydrogen-bond donors (Lipinski definition) is 1. The van der Waals surface area contributed by atoms with Crippen molar-refractivity contribution in [1.82, 2.24) is 4.98 Å². The van der Waals surface area contributed by atoms with Gasteiger partial charge in [0.1, 0.15) is 5.69 Å². The van der Waals surface area contributed by atoms with Crippen molar-refractivity contribution in [3.05, 3.63) is 28.2 Å². The standard InChI is InChI=1S/C7H6N2S/c8-5-2-1-3-6-7(5)9-4-10-6/h1-2,4,8H,3H2. The molecule has 0 bridgehead atoms. The molecule has 2 nitrogen and oxygen atoms in total. The SMILES string of the molecule is N=C1C=CCc2scnc21. The Bertz CT molecular complexity index is 298. The van der Waals surface area contributed by atoms with Crippen LogP contribution in [0.3, 0.4) is 0 Å². The van der Waals surface area contributed by atoms with E-state index in [4.69, 9.17) is 5.41 Å². The molecule has 0 unspecified atom stereocenters. The molecule has 50 valence electrons. The van der Waals surface area contributed by atoms with E-state index in [-0.39, 0.29) is 0 Å². The molecule has 0 saturated carbocycles. The zero-order valence-corrected chi connectivity index (χ0v) is 6.11. The van der Waals surface area contributed by atoms with E-state index in [0.717, 1.165) is 12.1 Å². The summed E-state index contributed by atoms with van der Waals surface area (Å²) in [6.45, 7) is 0. The van der Waals surface area contributed by atoms with Crippen LogP contribution in [0.15, 0.2) is 17.7 Å². The summed E-state index contributed by atoms with van der Waals surface area (Å²) >= 11 is 1.63. The minimum atomic E-state index is 0.544. The van der Waals surface area contributed by atoms with Gasteiger partial charge in [0, 0.05) is 11.3 Å². The van der Waals surface area contributed by atoms with Gasteiger partial charge < -0.3 is 0 Å². The molecular weight excluding hydrogens is 144 g/mol. The highest BCUT2D eigenvalue weighted by Gasteiger charge is 2.11. The summed E-state index contributed by atoms with van der Waals surface area (Å²) in [5, 5.41) is 7.44. The van der Waals surface area contributed by atoms with Crippen molar-refractivity contribution in [3.63, 3.8) is 0 Å². The van der Waals surface area contributed by atoms with Gasteiger partial charge in [-0.25, -0.2) is 4.98 Å². The molecule has 3 heteroatoms. The Morgan fingerprint density at radius 1 is 1.60 bits per heavy atom. The highest BCUT2D eigenvalue weighted by molar-refractivity contribution is 7.10. The van der Waals surface area contributed by atoms with Crippen LogP contribution in [-0.2, 0) is 6.42 Å². The third-order valence-corrected chi connectivity index (χ3v) is 2.34. The summed E-state index contributed by atoms with van der Waals surface area (Å²) in [6.07, 6.45) is 4.76. The van der Waals surface area contributed by atoms with E-state index in [1.54, 1.807) is 16.8 Å². The molecular formula is C7H6N2S. The number of nitrogens with zero attached hydrogens (tertiary/aromatic N) is 1. The number of aromatic nitrogens is 1. The summed E-state index contributed by atoms with van der Waals surface area (Å²) in [6, 6.07) is 0. The van der Waals surface area contributed by atoms with Crippen LogP contribution in [0.5, 0.6) is 0 Å². The summed E-state index contributed by atoms with van der Waals surface area (Å²) < 4.78 is 0. The Labute approximate surface area is 62.7 Å². The number of thiazole rings is 1. The van der Waals surface area contributed by atoms with Crippen molar-refractivity contribution in [2.45, 2.75) is 6.42 Å². The molecule has 0 radical (unpaired) electrons. The van der Waals surface area contributed by atoms with Crippen LogP contribution in [0.4, 0.5) is 0 Å². The van der Waals surface area contributed by atoms with Gasteiger partial charge in [0.2, 0.25) is 0 Å². The molecule has 10 heavy (non-hydrogen) atoms. The van der Waals surface area contributed by atoms with Gasteiger partial charge in [-0.2, -0.15) is 0 Å². The average molecular weight is 150 g/mol. The molecule has 1 aliphatic carbocycles. The van der Waals surface area contributed by atoms with E-state index in [2.05, 4.69) is 4.98 Å². The minimum Gasteiger partial charge on any atom is -0.299 e. The van der Waals surface area contributed by atoms with Crippen LogP contribution in [-0.4, -0.2) is 10.7 Å². The van der Waals surface area contributed by atoms with Crippen LogP contribution in [0.25, 0.3) is 0 Å². The van der Waals surface area contributed by atoms with Crippen LogP contribution in [0.1, 0.15) is 10.6 Å². The van der Waals surface area contributed by atoms with Crippen molar-refractivity contribution in [1.29, 1.82) is 5.41 Å². The zero-order valence-electron chi connectivity index (χ0n) is 5.29. The van der Waals surface area contributed by atoms with Crippen molar-refractivity contribution in [2.24, 2.45) is 0 Å². The van der Waals surface area contributed by atoms with E-state index in [0.29, 0.717) is 5.71 Å². The predicted octanol–water partition coefficient (Wildman–Crippen LogP) is 1.62. The van der Waals surface area contributed by atoms with Crippen LogP contribution in [0.2, 0.25) is 0 Å². The van der Waals surface area contributed by atoms with Gasteiger partial charge >= 0.3 is 0 Å². The Morgan fingerprint density at radius 3 is 3.30 bits per heavy atom. The Morgan fingerprint density at radius 2 is 2.50 bits per heavy atom. The monoisotopic (exact) mass is 150 g/mol. The van der Waals surface area contributed by atoms with Gasteiger partial charge in [-0.15, -0.1) is 11.3 Å². The quantitative estimate of drug-likeness (QED) is 0.599. The molecule has 0 spiro atoms. The van der Waals surface area contributed by atoms with Crippen LogP contribution in [0, 0.1) is 5.41 Å². The highest BCUT2D eigenvalue weighted by atomic mass is 32.1. The third-order valence-electron chi connectivity index (χ3n) is 1.48. The molecule has 1 aromatic rings. The summed E-state index contributed by atoms with van der Waals surface area (Å²) in [7, 11) is 0. The minimum absolute atomic E-state index is 0.544. The van der Waals surface area contributed by atoms with Gasteiger partial charge in [-0.1, -0.05) is 6.08 Å². The van der Waals surface area contributed by atoms with Gasteiger partial charge in [-0.05, 0) is 6.08 Å². The number of fused-ring (bicyclic) bond motifs is 1. The summed E-state index contributed by atoms with van der Waals surface area (Å²) in [5.74, 6) is 0. The first-order chi connectivity index (χ1) is 4.88. The lowest BCUT2D eigenvalue weighted by Gasteiger charge is -2.01. The predicted molar refractivity (Wildman–Crippen MR) is 41.8 cm³/mol. The second kappa shape index (κ2) is 2.02. The number of rotatable bonds is 0. The van der Waals surface area contributed by atoms with E-state index in [9.17, 15) is 0 Å². The van der Waals surface area contributed by atoms with E-state index < -0.39 is 0 Å². The fraction of sp³-hybridized carbons (Fsp3) is 0.143. The normalized spacial score (nSPS) is 15.4.